The summed E-state index contributed by atoms with van der Waals surface area (Å²) in [4.78, 5) is 11.6. The van der Waals surface area contributed by atoms with Crippen LogP contribution < -0.4 is 5.73 Å². The molecule has 0 bridgehead atoms. The van der Waals surface area contributed by atoms with Gasteiger partial charge in [0.25, 0.3) is 0 Å². The summed E-state index contributed by atoms with van der Waals surface area (Å²) in [5.41, 5.74) is 7.98. The molecule has 0 unspecified atom stereocenters. The van der Waals surface area contributed by atoms with Gasteiger partial charge in [0.1, 0.15) is 0 Å². The number of nitrogens with two attached hydrogens (primary N) is 1. The van der Waals surface area contributed by atoms with Crippen molar-refractivity contribution in [2.45, 2.75) is 25.8 Å². The topological polar surface area (TPSA) is 68.2 Å². The molecule has 19 heavy (non-hydrogen) atoms. The lowest BCUT2D eigenvalue weighted by molar-refractivity contribution is 0.0941. The second-order valence-corrected chi connectivity index (χ2v) is 4.46. The van der Waals surface area contributed by atoms with E-state index in [-0.39, 0.29) is 31.0 Å². The van der Waals surface area contributed by atoms with Crippen molar-refractivity contribution in [2.24, 2.45) is 5.73 Å². The zero-order chi connectivity index (χ0) is 13.1. The molecule has 0 aliphatic carbocycles. The minimum atomic E-state index is -0.150. The van der Waals surface area contributed by atoms with Crippen LogP contribution in [-0.4, -0.2) is 22.2 Å². The normalized spacial score (nSPS) is 12.2. The molecule has 4 nitrogen and oxygen atoms in total. The molecule has 0 saturated heterocycles. The number of benzene rings is 1. The highest BCUT2D eigenvalue weighted by atomic mass is 35.5. The average Bonchev–Trinajstić information content (AvgIpc) is 2.75. The minimum absolute atomic E-state index is 0. The van der Waals surface area contributed by atoms with Crippen molar-refractivity contribution >= 4 is 29.2 Å². The van der Waals surface area contributed by atoms with Gasteiger partial charge in [-0.15, -0.1) is 12.4 Å². The van der Waals surface area contributed by atoms with Crippen LogP contribution in [0.5, 0.6) is 0 Å². The second kappa shape index (κ2) is 6.70. The highest BCUT2D eigenvalue weighted by molar-refractivity contribution is 5.93. The third kappa shape index (κ3) is 3.15. The Balaban J connectivity index is 0.00000180. The Morgan fingerprint density at radius 3 is 2.74 bits per heavy atom. The lowest BCUT2D eigenvalue weighted by Crippen LogP contribution is -2.10. The van der Waals surface area contributed by atoms with Crippen molar-refractivity contribution in [3.63, 3.8) is 0 Å². The van der Waals surface area contributed by atoms with Crippen LogP contribution >= 0.6 is 12.4 Å². The molecule has 3 N–H and O–H groups in total. The number of hydrogen-bond acceptors (Lipinski definition) is 3. The van der Waals surface area contributed by atoms with E-state index < -0.39 is 0 Å². The summed E-state index contributed by atoms with van der Waals surface area (Å²) in [6, 6.07) is 7.59. The van der Waals surface area contributed by atoms with E-state index in [9.17, 15) is 4.79 Å². The van der Waals surface area contributed by atoms with E-state index in [0.29, 0.717) is 12.8 Å². The Morgan fingerprint density at radius 1 is 1.42 bits per heavy atom. The molecule has 0 aliphatic heterocycles. The molecule has 1 aromatic carbocycles. The fraction of sp³-hybridized carbons (Fsp3) is 0.357. The van der Waals surface area contributed by atoms with Crippen LogP contribution in [-0.2, 0) is 0 Å². The van der Waals surface area contributed by atoms with Gasteiger partial charge in [-0.2, -0.15) is 0 Å². The summed E-state index contributed by atoms with van der Waals surface area (Å²) in [5.74, 6) is -0.0215. The Morgan fingerprint density at radius 2 is 2.11 bits per heavy atom. The molecule has 0 fully saturated rings. The van der Waals surface area contributed by atoms with E-state index in [0.717, 1.165) is 16.5 Å². The summed E-state index contributed by atoms with van der Waals surface area (Å²) >= 11 is 0. The zero-order valence-electron chi connectivity index (χ0n) is 10.9. The number of aliphatic hydroxyl groups is 1. The van der Waals surface area contributed by atoms with Crippen LogP contribution in [0.25, 0.3) is 10.9 Å². The van der Waals surface area contributed by atoms with Crippen molar-refractivity contribution in [3.8, 4) is 0 Å². The molecule has 1 atom stereocenters. The molecule has 0 amide bonds. The van der Waals surface area contributed by atoms with Crippen molar-refractivity contribution in [2.75, 3.05) is 6.61 Å². The lowest BCUT2D eigenvalue weighted by atomic mass is 10.0. The molecule has 2 aromatic rings. The maximum absolute atomic E-state index is 11.6. The van der Waals surface area contributed by atoms with Crippen LogP contribution in [0, 0.1) is 0 Å². The van der Waals surface area contributed by atoms with Crippen LogP contribution in [0.2, 0.25) is 0 Å². The zero-order valence-corrected chi connectivity index (χ0v) is 11.7. The van der Waals surface area contributed by atoms with E-state index in [2.05, 4.69) is 0 Å². The van der Waals surface area contributed by atoms with Crippen LogP contribution in [0.15, 0.2) is 30.5 Å². The van der Waals surface area contributed by atoms with Gasteiger partial charge in [-0.1, -0.05) is 18.2 Å². The lowest BCUT2D eigenvalue weighted by Gasteiger charge is -2.09. The number of aliphatic hydroxyl groups excluding tert-OH is 1. The predicted octanol–water partition coefficient (Wildman–Crippen LogP) is 2.50. The van der Waals surface area contributed by atoms with Gasteiger partial charge >= 0.3 is 0 Å². The third-order valence-electron chi connectivity index (χ3n) is 3.15. The molecule has 104 valence electrons. The van der Waals surface area contributed by atoms with Gasteiger partial charge in [-0.25, -0.2) is 0 Å². The Kier molecular flexibility index (Phi) is 5.54. The maximum Gasteiger partial charge on any atom is 0.227 e. The van der Waals surface area contributed by atoms with Gasteiger partial charge in [-0.3, -0.25) is 9.36 Å². The summed E-state index contributed by atoms with van der Waals surface area (Å²) in [6.45, 7) is 1.68. The molecule has 0 radical (unpaired) electrons. The summed E-state index contributed by atoms with van der Waals surface area (Å²) in [7, 11) is 0. The Hall–Kier alpha value is -1.36. The second-order valence-electron chi connectivity index (χ2n) is 4.46. The van der Waals surface area contributed by atoms with Gasteiger partial charge in [-0.05, 0) is 24.5 Å². The fourth-order valence-corrected chi connectivity index (χ4v) is 2.23. The number of carbonyl (C=O) groups is 1. The van der Waals surface area contributed by atoms with Gasteiger partial charge in [0.2, 0.25) is 5.91 Å². The number of fused-ring (bicyclic) bond motifs is 1. The molecular weight excluding hydrogens is 264 g/mol. The number of rotatable bonds is 4. The van der Waals surface area contributed by atoms with E-state index in [1.54, 1.807) is 4.57 Å². The summed E-state index contributed by atoms with van der Waals surface area (Å²) in [5, 5.41) is 9.87. The van der Waals surface area contributed by atoms with E-state index in [1.807, 2.05) is 30.5 Å². The van der Waals surface area contributed by atoms with Crippen molar-refractivity contribution in [3.05, 3.63) is 36.0 Å². The molecular formula is C14H19ClN2O2. The quantitative estimate of drug-likeness (QED) is 0.905. The SMILES string of the molecule is CC(=O)n1cc([C@H](N)CCCO)c2ccccc21.Cl. The first-order valence-electron chi connectivity index (χ1n) is 6.12. The standard InChI is InChI=1S/C14H18N2O2.ClH/c1-10(18)16-9-12(13(15)6-4-8-17)11-5-2-3-7-14(11)16;/h2-3,5,7,9,13,17H,4,6,8,15H2,1H3;1H/t13-;/m1./s1. The fourth-order valence-electron chi connectivity index (χ4n) is 2.23. The largest absolute Gasteiger partial charge is 0.396 e. The van der Waals surface area contributed by atoms with E-state index in [1.165, 1.54) is 6.92 Å². The van der Waals surface area contributed by atoms with Crippen LogP contribution in [0.3, 0.4) is 0 Å². The summed E-state index contributed by atoms with van der Waals surface area (Å²) in [6.07, 6.45) is 3.19. The molecule has 0 saturated carbocycles. The number of aromatic nitrogens is 1. The van der Waals surface area contributed by atoms with Crippen LogP contribution in [0.4, 0.5) is 0 Å². The highest BCUT2D eigenvalue weighted by Gasteiger charge is 2.15. The molecule has 0 aliphatic rings. The van der Waals surface area contributed by atoms with Crippen molar-refractivity contribution in [1.29, 1.82) is 0 Å². The minimum Gasteiger partial charge on any atom is -0.396 e. The summed E-state index contributed by atoms with van der Waals surface area (Å²) < 4.78 is 1.63. The maximum atomic E-state index is 11.6. The molecule has 1 heterocycles. The van der Waals surface area contributed by atoms with Gasteiger partial charge in [0, 0.05) is 31.2 Å². The Bertz CT molecular complexity index is 566. The first-order chi connectivity index (χ1) is 8.65. The van der Waals surface area contributed by atoms with E-state index in [4.69, 9.17) is 10.8 Å². The Labute approximate surface area is 118 Å². The van der Waals surface area contributed by atoms with Crippen molar-refractivity contribution < 1.29 is 9.90 Å². The van der Waals surface area contributed by atoms with Gasteiger partial charge < -0.3 is 10.8 Å². The number of carbonyl (C=O) groups excluding carboxylic acids is 1. The molecule has 1 aromatic heterocycles. The van der Waals surface area contributed by atoms with Gasteiger partial charge in [0.05, 0.1) is 5.52 Å². The third-order valence-corrected chi connectivity index (χ3v) is 3.15. The highest BCUT2D eigenvalue weighted by Crippen LogP contribution is 2.27. The number of hydrogen-bond donors (Lipinski definition) is 2. The van der Waals surface area contributed by atoms with E-state index >= 15 is 0 Å². The van der Waals surface area contributed by atoms with Crippen molar-refractivity contribution in [1.82, 2.24) is 4.57 Å². The smallest absolute Gasteiger partial charge is 0.227 e. The average molecular weight is 283 g/mol. The number of nitrogens with zero attached hydrogens (tertiary/aromatic N) is 1. The number of halogens is 1. The molecule has 5 heteroatoms. The van der Waals surface area contributed by atoms with Gasteiger partial charge in [0.15, 0.2) is 0 Å². The monoisotopic (exact) mass is 282 g/mol. The first kappa shape index (κ1) is 15.7. The molecule has 2 rings (SSSR count). The van der Waals surface area contributed by atoms with Crippen LogP contribution in [0.1, 0.15) is 36.2 Å². The predicted molar refractivity (Wildman–Crippen MR) is 78.7 cm³/mol. The number of para-hydroxylation sites is 1. The first-order valence-corrected chi connectivity index (χ1v) is 6.12. The molecule has 0 spiro atoms.